The minimum Gasteiger partial charge on any atom is -0.452 e. The molecule has 2 aromatic carbocycles. The third kappa shape index (κ3) is 5.63. The van der Waals surface area contributed by atoms with Gasteiger partial charge in [-0.2, -0.15) is 0 Å². The van der Waals surface area contributed by atoms with E-state index in [1.165, 1.54) is 0 Å². The highest BCUT2D eigenvalue weighted by molar-refractivity contribution is 6.05. The molecule has 2 heterocycles. The summed E-state index contributed by atoms with van der Waals surface area (Å²) < 4.78 is 5.36. The number of fused-ring (bicyclic) bond motifs is 1. The second-order valence-corrected chi connectivity index (χ2v) is 8.34. The van der Waals surface area contributed by atoms with Crippen LogP contribution < -0.4 is 10.2 Å². The molecule has 0 radical (unpaired) electrons. The van der Waals surface area contributed by atoms with E-state index >= 15 is 0 Å². The SMILES string of the molecule is CCN(c1ccc(NC(=O)COC(=O)c2cc(-c3ccccn3)nc3ccccc23)cc1)C(C)C. The van der Waals surface area contributed by atoms with Crippen LogP contribution in [0.2, 0.25) is 0 Å². The van der Waals surface area contributed by atoms with Gasteiger partial charge >= 0.3 is 5.97 Å². The first-order valence-electron chi connectivity index (χ1n) is 11.6. The molecule has 2 aromatic heterocycles. The van der Waals surface area contributed by atoms with Crippen molar-refractivity contribution >= 4 is 34.2 Å². The van der Waals surface area contributed by atoms with Crippen molar-refractivity contribution in [2.45, 2.75) is 26.8 Å². The van der Waals surface area contributed by atoms with Gasteiger partial charge in [-0.25, -0.2) is 9.78 Å². The van der Waals surface area contributed by atoms with Gasteiger partial charge in [0.2, 0.25) is 0 Å². The lowest BCUT2D eigenvalue weighted by atomic mass is 10.1. The number of hydrogen-bond donors (Lipinski definition) is 1. The summed E-state index contributed by atoms with van der Waals surface area (Å²) in [6.07, 6.45) is 1.67. The number of ether oxygens (including phenoxy) is 1. The summed E-state index contributed by atoms with van der Waals surface area (Å²) in [4.78, 5) is 36.6. The van der Waals surface area contributed by atoms with Crippen molar-refractivity contribution < 1.29 is 14.3 Å². The zero-order valence-corrected chi connectivity index (χ0v) is 20.1. The van der Waals surface area contributed by atoms with Crippen LogP contribution in [-0.4, -0.2) is 41.0 Å². The third-order valence-corrected chi connectivity index (χ3v) is 5.64. The summed E-state index contributed by atoms with van der Waals surface area (Å²) in [7, 11) is 0. The summed E-state index contributed by atoms with van der Waals surface area (Å²) in [5.41, 5.74) is 3.91. The van der Waals surface area contributed by atoms with Gasteiger partial charge in [0.1, 0.15) is 0 Å². The number of carbonyl (C=O) groups is 2. The topological polar surface area (TPSA) is 84.4 Å². The van der Waals surface area contributed by atoms with Crippen LogP contribution >= 0.6 is 0 Å². The molecule has 35 heavy (non-hydrogen) atoms. The molecule has 4 rings (SSSR count). The Hall–Kier alpha value is -4.26. The number of hydrogen-bond acceptors (Lipinski definition) is 6. The van der Waals surface area contributed by atoms with E-state index in [0.29, 0.717) is 39.6 Å². The molecule has 1 amide bonds. The molecule has 0 bridgehead atoms. The first-order chi connectivity index (χ1) is 17.0. The van der Waals surface area contributed by atoms with E-state index in [1.807, 2.05) is 60.7 Å². The van der Waals surface area contributed by atoms with Crippen LogP contribution in [0.4, 0.5) is 11.4 Å². The Labute approximate surface area is 204 Å². The Morgan fingerprint density at radius 3 is 2.40 bits per heavy atom. The molecule has 0 fully saturated rings. The summed E-state index contributed by atoms with van der Waals surface area (Å²) in [6, 6.07) is 22.5. The van der Waals surface area contributed by atoms with E-state index in [9.17, 15) is 9.59 Å². The largest absolute Gasteiger partial charge is 0.452 e. The predicted octanol–water partition coefficient (Wildman–Crippen LogP) is 5.33. The maximum Gasteiger partial charge on any atom is 0.339 e. The lowest BCUT2D eigenvalue weighted by Gasteiger charge is -2.27. The van der Waals surface area contributed by atoms with Gasteiger partial charge in [-0.15, -0.1) is 0 Å². The normalized spacial score (nSPS) is 10.9. The molecule has 0 aliphatic rings. The van der Waals surface area contributed by atoms with E-state index < -0.39 is 18.5 Å². The number of pyridine rings is 2. The van der Waals surface area contributed by atoms with E-state index in [2.05, 4.69) is 41.0 Å². The summed E-state index contributed by atoms with van der Waals surface area (Å²) in [5.74, 6) is -1.01. The van der Waals surface area contributed by atoms with Crippen LogP contribution in [0.25, 0.3) is 22.3 Å². The van der Waals surface area contributed by atoms with Gasteiger partial charge in [0, 0.05) is 35.5 Å². The number of benzene rings is 2. The average molecular weight is 469 g/mol. The van der Waals surface area contributed by atoms with Crippen molar-refractivity contribution in [1.82, 2.24) is 9.97 Å². The van der Waals surface area contributed by atoms with Crippen LogP contribution in [0.3, 0.4) is 0 Å². The van der Waals surface area contributed by atoms with Crippen LogP contribution in [0, 0.1) is 0 Å². The van der Waals surface area contributed by atoms with Gasteiger partial charge in [-0.1, -0.05) is 24.3 Å². The van der Waals surface area contributed by atoms with Crippen LogP contribution in [0.5, 0.6) is 0 Å². The van der Waals surface area contributed by atoms with Gasteiger partial charge < -0.3 is 15.0 Å². The fourth-order valence-corrected chi connectivity index (χ4v) is 3.98. The molecular weight excluding hydrogens is 440 g/mol. The number of nitrogens with one attached hydrogen (secondary N) is 1. The summed E-state index contributed by atoms with van der Waals surface area (Å²) >= 11 is 0. The molecule has 0 aliphatic carbocycles. The van der Waals surface area contributed by atoms with Gasteiger partial charge in [0.25, 0.3) is 5.91 Å². The molecule has 0 spiro atoms. The lowest BCUT2D eigenvalue weighted by Crippen LogP contribution is -2.30. The molecule has 0 saturated carbocycles. The monoisotopic (exact) mass is 468 g/mol. The number of para-hydroxylation sites is 1. The van der Waals surface area contributed by atoms with Crippen LogP contribution in [0.1, 0.15) is 31.1 Å². The molecule has 0 unspecified atom stereocenters. The second kappa shape index (κ2) is 10.8. The first kappa shape index (κ1) is 23.9. The number of anilines is 2. The highest BCUT2D eigenvalue weighted by Crippen LogP contribution is 2.24. The second-order valence-electron chi connectivity index (χ2n) is 8.34. The fourth-order valence-electron chi connectivity index (χ4n) is 3.98. The van der Waals surface area contributed by atoms with Gasteiger partial charge in [0.15, 0.2) is 6.61 Å². The van der Waals surface area contributed by atoms with Crippen molar-refractivity contribution in [2.75, 3.05) is 23.4 Å². The van der Waals surface area contributed by atoms with Gasteiger partial charge in [-0.3, -0.25) is 9.78 Å². The van der Waals surface area contributed by atoms with E-state index in [1.54, 1.807) is 18.3 Å². The molecule has 0 aliphatic heterocycles. The number of carbonyl (C=O) groups excluding carboxylic acids is 2. The Morgan fingerprint density at radius 2 is 1.71 bits per heavy atom. The number of nitrogens with zero attached hydrogens (tertiary/aromatic N) is 3. The molecule has 0 saturated heterocycles. The van der Waals surface area contributed by atoms with E-state index in [0.717, 1.165) is 12.2 Å². The lowest BCUT2D eigenvalue weighted by molar-refractivity contribution is -0.119. The molecule has 1 N–H and O–H groups in total. The predicted molar refractivity (Wildman–Crippen MR) is 138 cm³/mol. The van der Waals surface area contributed by atoms with Crippen molar-refractivity contribution in [3.63, 3.8) is 0 Å². The Kier molecular flexibility index (Phi) is 7.35. The summed E-state index contributed by atoms with van der Waals surface area (Å²) in [5, 5.41) is 3.43. The number of rotatable bonds is 8. The third-order valence-electron chi connectivity index (χ3n) is 5.64. The highest BCUT2D eigenvalue weighted by atomic mass is 16.5. The maximum absolute atomic E-state index is 13.0. The van der Waals surface area contributed by atoms with Gasteiger partial charge in [0.05, 0.1) is 22.5 Å². The van der Waals surface area contributed by atoms with Crippen molar-refractivity contribution in [1.29, 1.82) is 0 Å². The fraction of sp³-hybridized carbons (Fsp3) is 0.214. The van der Waals surface area contributed by atoms with Crippen LogP contribution in [0.15, 0.2) is 79.0 Å². The molecular formula is C28H28N4O3. The minimum absolute atomic E-state index is 0.335. The zero-order valence-electron chi connectivity index (χ0n) is 20.1. The van der Waals surface area contributed by atoms with Crippen molar-refractivity contribution in [3.05, 3.63) is 84.6 Å². The molecule has 178 valence electrons. The Morgan fingerprint density at radius 1 is 0.971 bits per heavy atom. The molecule has 7 heteroatoms. The quantitative estimate of drug-likeness (QED) is 0.352. The summed E-state index contributed by atoms with van der Waals surface area (Å²) in [6.45, 7) is 6.88. The first-order valence-corrected chi connectivity index (χ1v) is 11.6. The van der Waals surface area contributed by atoms with Gasteiger partial charge in [-0.05, 0) is 69.3 Å². The number of esters is 1. The smallest absolute Gasteiger partial charge is 0.339 e. The van der Waals surface area contributed by atoms with Crippen molar-refractivity contribution in [2.24, 2.45) is 0 Å². The average Bonchev–Trinajstić information content (AvgIpc) is 2.88. The maximum atomic E-state index is 13.0. The highest BCUT2D eigenvalue weighted by Gasteiger charge is 2.17. The molecule has 7 nitrogen and oxygen atoms in total. The Bertz CT molecular complexity index is 1320. The van der Waals surface area contributed by atoms with Crippen LogP contribution in [-0.2, 0) is 9.53 Å². The molecule has 0 atom stereocenters. The van der Waals surface area contributed by atoms with E-state index in [-0.39, 0.29) is 0 Å². The zero-order chi connectivity index (χ0) is 24.8. The standard InChI is InChI=1S/C28H28N4O3/c1-4-32(19(2)3)21-14-12-20(13-15-21)30-27(33)18-35-28(34)23-17-26(25-11-7-8-16-29-25)31-24-10-6-5-9-22(23)24/h5-17,19H,4,18H2,1-3H3,(H,30,33). The number of aromatic nitrogens is 2. The Balaban J connectivity index is 1.46. The molecule has 4 aromatic rings. The van der Waals surface area contributed by atoms with E-state index in [4.69, 9.17) is 4.74 Å². The van der Waals surface area contributed by atoms with Crippen molar-refractivity contribution in [3.8, 4) is 11.4 Å². The minimum atomic E-state index is -0.596. The number of amides is 1.